The van der Waals surface area contributed by atoms with Crippen LogP contribution >= 0.6 is 0 Å². The van der Waals surface area contributed by atoms with Gasteiger partial charge in [-0.25, -0.2) is 9.59 Å². The van der Waals surface area contributed by atoms with E-state index < -0.39 is 11.6 Å². The third kappa shape index (κ3) is 2.10. The van der Waals surface area contributed by atoms with Gasteiger partial charge >= 0.3 is 12.1 Å². The Morgan fingerprint density at radius 2 is 1.90 bits per heavy atom. The Bertz CT molecular complexity index is 459. The van der Waals surface area contributed by atoms with Gasteiger partial charge in [0.05, 0.1) is 6.54 Å². The van der Waals surface area contributed by atoms with Crippen molar-refractivity contribution in [1.82, 2.24) is 20.4 Å². The fourth-order valence-corrected chi connectivity index (χ4v) is 3.19. The number of likely N-dealkylation sites (tertiary alicyclic amines) is 2. The van der Waals surface area contributed by atoms with Crippen molar-refractivity contribution in [3.63, 3.8) is 0 Å². The Balaban J connectivity index is 1.64. The summed E-state index contributed by atoms with van der Waals surface area (Å²) in [5.41, 5.74) is -0.907. The van der Waals surface area contributed by atoms with Crippen LogP contribution in [-0.2, 0) is 4.79 Å². The second kappa shape index (κ2) is 4.64. The van der Waals surface area contributed by atoms with Crippen molar-refractivity contribution >= 4 is 18.0 Å². The number of nitrogens with zero attached hydrogens (tertiary/aromatic N) is 2. The summed E-state index contributed by atoms with van der Waals surface area (Å²) in [7, 11) is 0. The van der Waals surface area contributed by atoms with Crippen LogP contribution in [0, 0.1) is 5.92 Å². The Morgan fingerprint density at radius 1 is 1.20 bits per heavy atom. The molecule has 0 saturated carbocycles. The van der Waals surface area contributed by atoms with Gasteiger partial charge in [-0.2, -0.15) is 0 Å². The van der Waals surface area contributed by atoms with Crippen LogP contribution in [0.1, 0.15) is 26.2 Å². The third-order valence-electron chi connectivity index (χ3n) is 4.61. The van der Waals surface area contributed by atoms with Crippen LogP contribution in [0.2, 0.25) is 0 Å². The largest absolute Gasteiger partial charge is 0.325 e. The first-order valence-electron chi connectivity index (χ1n) is 7.18. The van der Waals surface area contributed by atoms with Crippen LogP contribution in [-0.4, -0.2) is 59.5 Å². The molecular formula is C13H20N4O3. The van der Waals surface area contributed by atoms with E-state index in [1.54, 1.807) is 4.90 Å². The maximum absolute atomic E-state index is 12.4. The predicted octanol–water partition coefficient (Wildman–Crippen LogP) is 0.122. The van der Waals surface area contributed by atoms with Gasteiger partial charge in [0.1, 0.15) is 5.54 Å². The molecule has 0 aromatic carbocycles. The monoisotopic (exact) mass is 280 g/mol. The predicted molar refractivity (Wildman–Crippen MR) is 71.0 cm³/mol. The molecule has 0 aromatic heterocycles. The first-order chi connectivity index (χ1) is 9.50. The van der Waals surface area contributed by atoms with Crippen LogP contribution in [0.25, 0.3) is 0 Å². The van der Waals surface area contributed by atoms with Gasteiger partial charge in [-0.15, -0.1) is 0 Å². The van der Waals surface area contributed by atoms with Gasteiger partial charge in [-0.1, -0.05) is 6.92 Å². The first-order valence-corrected chi connectivity index (χ1v) is 7.18. The summed E-state index contributed by atoms with van der Waals surface area (Å²) < 4.78 is 0. The van der Waals surface area contributed by atoms with Crippen LogP contribution in [0.3, 0.4) is 0 Å². The zero-order chi connectivity index (χ0) is 14.3. The highest BCUT2D eigenvalue weighted by Crippen LogP contribution is 2.26. The van der Waals surface area contributed by atoms with Crippen molar-refractivity contribution in [3.8, 4) is 0 Å². The average Bonchev–Trinajstić information content (AvgIpc) is 2.95. The number of rotatable bonds is 0. The van der Waals surface area contributed by atoms with Gasteiger partial charge < -0.3 is 15.1 Å². The minimum absolute atomic E-state index is 0.0114. The van der Waals surface area contributed by atoms with Crippen molar-refractivity contribution in [1.29, 1.82) is 0 Å². The van der Waals surface area contributed by atoms with Crippen molar-refractivity contribution in [2.24, 2.45) is 5.92 Å². The summed E-state index contributed by atoms with van der Waals surface area (Å²) in [6, 6.07) is -0.473. The Morgan fingerprint density at radius 3 is 2.50 bits per heavy atom. The molecule has 0 aliphatic carbocycles. The highest BCUT2D eigenvalue weighted by atomic mass is 16.2. The number of carbonyl (C=O) groups is 3. The lowest BCUT2D eigenvalue weighted by atomic mass is 9.99. The second-order valence-electron chi connectivity index (χ2n) is 6.11. The topological polar surface area (TPSA) is 81.8 Å². The van der Waals surface area contributed by atoms with Crippen molar-refractivity contribution in [2.45, 2.75) is 31.7 Å². The number of amides is 5. The minimum atomic E-state index is -0.907. The fourth-order valence-electron chi connectivity index (χ4n) is 3.19. The second-order valence-corrected chi connectivity index (χ2v) is 6.11. The van der Waals surface area contributed by atoms with Crippen LogP contribution in [0.4, 0.5) is 9.59 Å². The third-order valence-corrected chi connectivity index (χ3v) is 4.61. The molecule has 7 nitrogen and oxygen atoms in total. The van der Waals surface area contributed by atoms with Crippen LogP contribution < -0.4 is 10.6 Å². The molecule has 3 rings (SSSR count). The summed E-state index contributed by atoms with van der Waals surface area (Å²) in [5.74, 6) is 0.355. The van der Waals surface area contributed by atoms with E-state index in [-0.39, 0.29) is 18.5 Å². The van der Waals surface area contributed by atoms with E-state index in [0.717, 1.165) is 25.9 Å². The maximum atomic E-state index is 12.4. The molecule has 0 bridgehead atoms. The highest BCUT2D eigenvalue weighted by Gasteiger charge is 2.52. The summed E-state index contributed by atoms with van der Waals surface area (Å²) >= 11 is 0. The number of hydrogen-bond donors (Lipinski definition) is 2. The van der Waals surface area contributed by atoms with E-state index in [1.165, 1.54) is 0 Å². The summed E-state index contributed by atoms with van der Waals surface area (Å²) in [6.07, 6.45) is 2.55. The molecule has 20 heavy (non-hydrogen) atoms. The van der Waals surface area contributed by atoms with Gasteiger partial charge in [0, 0.05) is 19.6 Å². The lowest BCUT2D eigenvalue weighted by Gasteiger charge is -2.33. The lowest BCUT2D eigenvalue weighted by Crippen LogP contribution is -2.52. The Hall–Kier alpha value is -1.79. The minimum Gasteiger partial charge on any atom is -0.325 e. The zero-order valence-electron chi connectivity index (χ0n) is 11.6. The van der Waals surface area contributed by atoms with Gasteiger partial charge in [-0.3, -0.25) is 10.1 Å². The molecule has 1 unspecified atom stereocenters. The molecule has 110 valence electrons. The van der Waals surface area contributed by atoms with E-state index in [1.807, 2.05) is 4.90 Å². The SMILES string of the molecule is CC1CCN(C(=O)N2CCC3(C2)NC(=O)NC3=O)CC1. The summed E-state index contributed by atoms with van der Waals surface area (Å²) in [5, 5.41) is 4.92. The molecule has 1 atom stereocenters. The summed E-state index contributed by atoms with van der Waals surface area (Å²) in [4.78, 5) is 39.1. The van der Waals surface area contributed by atoms with E-state index in [2.05, 4.69) is 17.6 Å². The number of nitrogens with one attached hydrogen (secondary N) is 2. The van der Waals surface area contributed by atoms with Crippen LogP contribution in [0.5, 0.6) is 0 Å². The molecule has 2 N–H and O–H groups in total. The molecule has 0 aromatic rings. The molecule has 3 aliphatic rings. The fraction of sp³-hybridized carbons (Fsp3) is 0.769. The summed E-state index contributed by atoms with van der Waals surface area (Å²) in [6.45, 7) is 4.54. The van der Waals surface area contributed by atoms with E-state index in [4.69, 9.17) is 0 Å². The standard InChI is InChI=1S/C13H20N4O3/c1-9-2-5-16(6-3-9)12(20)17-7-4-13(8-17)10(18)14-11(19)15-13/h9H,2-8H2,1H3,(H2,14,15,18,19). The van der Waals surface area contributed by atoms with Gasteiger partial charge in [0.25, 0.3) is 5.91 Å². The van der Waals surface area contributed by atoms with Crippen molar-refractivity contribution in [2.75, 3.05) is 26.2 Å². The first kappa shape index (κ1) is 13.2. The molecule has 3 fully saturated rings. The number of hydrogen-bond acceptors (Lipinski definition) is 3. The van der Waals surface area contributed by atoms with Gasteiger partial charge in [0.15, 0.2) is 0 Å². The van der Waals surface area contributed by atoms with E-state index in [0.29, 0.717) is 18.9 Å². The number of imide groups is 1. The molecule has 3 aliphatic heterocycles. The lowest BCUT2D eigenvalue weighted by molar-refractivity contribution is -0.123. The molecular weight excluding hydrogens is 260 g/mol. The molecule has 7 heteroatoms. The van der Waals surface area contributed by atoms with Crippen LogP contribution in [0.15, 0.2) is 0 Å². The normalized spacial score (nSPS) is 30.9. The Kier molecular flexibility index (Phi) is 3.07. The number of urea groups is 2. The van der Waals surface area contributed by atoms with Crippen molar-refractivity contribution < 1.29 is 14.4 Å². The molecule has 5 amide bonds. The Labute approximate surface area is 117 Å². The number of piperidine rings is 1. The molecule has 0 radical (unpaired) electrons. The maximum Gasteiger partial charge on any atom is 0.322 e. The van der Waals surface area contributed by atoms with Crippen molar-refractivity contribution in [3.05, 3.63) is 0 Å². The quantitative estimate of drug-likeness (QED) is 0.618. The van der Waals surface area contributed by atoms with Gasteiger partial charge in [0.2, 0.25) is 0 Å². The highest BCUT2D eigenvalue weighted by molar-refractivity contribution is 6.07. The molecule has 1 spiro atoms. The molecule has 3 saturated heterocycles. The average molecular weight is 280 g/mol. The van der Waals surface area contributed by atoms with E-state index in [9.17, 15) is 14.4 Å². The zero-order valence-corrected chi connectivity index (χ0v) is 11.6. The molecule has 3 heterocycles. The van der Waals surface area contributed by atoms with E-state index >= 15 is 0 Å². The van der Waals surface area contributed by atoms with Gasteiger partial charge in [-0.05, 0) is 25.2 Å². The number of carbonyl (C=O) groups excluding carboxylic acids is 3. The smallest absolute Gasteiger partial charge is 0.322 e.